The van der Waals surface area contributed by atoms with Crippen molar-refractivity contribution in [3.63, 3.8) is 0 Å². The second-order valence-electron chi connectivity index (χ2n) is 9.15. The van der Waals surface area contributed by atoms with Crippen molar-refractivity contribution in [2.75, 3.05) is 27.9 Å². The molecule has 2 aliphatic carbocycles. The predicted molar refractivity (Wildman–Crippen MR) is 120 cm³/mol. The average Bonchev–Trinajstić information content (AvgIpc) is 3.11. The number of thioether (sulfide) groups is 1. The van der Waals surface area contributed by atoms with E-state index in [4.69, 9.17) is 19.2 Å². The summed E-state index contributed by atoms with van der Waals surface area (Å²) >= 11 is 1.05. The van der Waals surface area contributed by atoms with E-state index in [-0.39, 0.29) is 82.1 Å². The SMILES string of the molecule is COC1CC2N=C(COC3CCC(CC4SC(=O)[N-]C4=O)CC3)N(C)C(=O)C2CC1OC.[Na+]. The molecule has 9 nitrogen and oxygen atoms in total. The Bertz CT molecular complexity index is 775. The quantitative estimate of drug-likeness (QED) is 0.455. The molecule has 0 aromatic heterocycles. The van der Waals surface area contributed by atoms with Gasteiger partial charge in [0.25, 0.3) is 0 Å². The van der Waals surface area contributed by atoms with E-state index in [0.29, 0.717) is 37.6 Å². The summed E-state index contributed by atoms with van der Waals surface area (Å²) < 4.78 is 17.2. The van der Waals surface area contributed by atoms with Crippen LogP contribution in [0.4, 0.5) is 4.79 Å². The number of fused-ring (bicyclic) bond motifs is 1. The molecule has 4 aliphatic rings. The fraction of sp³-hybridized carbons (Fsp3) is 0.818. The molecule has 2 heterocycles. The van der Waals surface area contributed by atoms with E-state index in [0.717, 1.165) is 37.4 Å². The Balaban J connectivity index is 0.00000306. The third kappa shape index (κ3) is 6.20. The zero-order valence-electron chi connectivity index (χ0n) is 19.9. The standard InChI is InChI=1S/C22H33N3O6S.Na/c1-25-19(23-15-10-17(30-3)16(29-2)9-14(15)21(25)27)11-31-13-6-4-12(5-7-13)8-18-20(26)24-22(28)32-18;/h12-18H,4-11H2,1-3H3,(H,24,26,28);/q;+1/p-1. The summed E-state index contributed by atoms with van der Waals surface area (Å²) in [6.45, 7) is 0.316. The van der Waals surface area contributed by atoms with Gasteiger partial charge >= 0.3 is 29.6 Å². The van der Waals surface area contributed by atoms with Crippen molar-refractivity contribution in [3.8, 4) is 0 Å². The molecule has 1 saturated heterocycles. The number of rotatable bonds is 7. The first kappa shape index (κ1) is 27.1. The molecule has 0 aromatic rings. The van der Waals surface area contributed by atoms with Gasteiger partial charge in [-0.1, -0.05) is 11.8 Å². The summed E-state index contributed by atoms with van der Waals surface area (Å²) in [6, 6.07) is -0.0982. The molecule has 4 rings (SSSR count). The maximum atomic E-state index is 13.0. The molecule has 0 spiro atoms. The molecule has 3 fully saturated rings. The number of methoxy groups -OCH3 is 2. The molecule has 5 atom stereocenters. The molecule has 178 valence electrons. The van der Waals surface area contributed by atoms with Gasteiger partial charge in [-0.2, -0.15) is 0 Å². The average molecular weight is 490 g/mol. The Labute approximate surface area is 221 Å². The van der Waals surface area contributed by atoms with Crippen LogP contribution in [0, 0.1) is 11.8 Å². The second kappa shape index (κ2) is 12.0. The van der Waals surface area contributed by atoms with E-state index in [1.165, 1.54) is 0 Å². The van der Waals surface area contributed by atoms with Crippen LogP contribution in [0.1, 0.15) is 44.9 Å². The molecule has 11 heteroatoms. The van der Waals surface area contributed by atoms with Gasteiger partial charge in [0.1, 0.15) is 17.7 Å². The number of amides is 3. The summed E-state index contributed by atoms with van der Waals surface area (Å²) in [7, 11) is 5.10. The molecule has 33 heavy (non-hydrogen) atoms. The van der Waals surface area contributed by atoms with Crippen LogP contribution in [0.15, 0.2) is 4.99 Å². The van der Waals surface area contributed by atoms with Gasteiger partial charge in [-0.3, -0.25) is 9.79 Å². The van der Waals surface area contributed by atoms with Crippen LogP contribution in [0.3, 0.4) is 0 Å². The first-order chi connectivity index (χ1) is 15.4. The van der Waals surface area contributed by atoms with Crippen LogP contribution in [0.2, 0.25) is 0 Å². The third-order valence-electron chi connectivity index (χ3n) is 7.30. The Morgan fingerprint density at radius 1 is 1.06 bits per heavy atom. The number of nitrogens with zero attached hydrogens (tertiary/aromatic N) is 3. The van der Waals surface area contributed by atoms with E-state index in [1.807, 2.05) is 0 Å². The molecular formula is C22H32N3NaO6S. The van der Waals surface area contributed by atoms with Crippen molar-refractivity contribution >= 4 is 34.7 Å². The molecule has 0 bridgehead atoms. The molecule has 3 amide bonds. The number of amidine groups is 1. The summed E-state index contributed by atoms with van der Waals surface area (Å²) in [4.78, 5) is 42.5. The van der Waals surface area contributed by atoms with Gasteiger partial charge in [0.2, 0.25) is 5.91 Å². The maximum Gasteiger partial charge on any atom is 1.00 e. The summed E-state index contributed by atoms with van der Waals surface area (Å²) in [6.07, 6.45) is 5.68. The van der Waals surface area contributed by atoms with Crippen LogP contribution >= 0.6 is 11.8 Å². The number of imide groups is 1. The zero-order chi connectivity index (χ0) is 22.8. The van der Waals surface area contributed by atoms with E-state index >= 15 is 0 Å². The van der Waals surface area contributed by atoms with Gasteiger partial charge in [-0.25, -0.2) is 0 Å². The fourth-order valence-electron chi connectivity index (χ4n) is 5.34. The molecule has 2 aliphatic heterocycles. The first-order valence-electron chi connectivity index (χ1n) is 11.4. The maximum absolute atomic E-state index is 13.0. The van der Waals surface area contributed by atoms with Crippen LogP contribution in [0.5, 0.6) is 0 Å². The Hall–Kier alpha value is -0.490. The Morgan fingerprint density at radius 3 is 2.33 bits per heavy atom. The minimum atomic E-state index is -0.362. The van der Waals surface area contributed by atoms with Gasteiger partial charge in [-0.15, -0.1) is 0 Å². The van der Waals surface area contributed by atoms with Crippen molar-refractivity contribution in [2.45, 2.75) is 74.5 Å². The molecular weight excluding hydrogens is 457 g/mol. The number of hydrogen-bond donors (Lipinski definition) is 0. The molecule has 2 saturated carbocycles. The number of aliphatic imine (C=N–C) groups is 1. The van der Waals surface area contributed by atoms with Gasteiger partial charge in [-0.05, 0) is 50.9 Å². The third-order valence-corrected chi connectivity index (χ3v) is 8.28. The first-order valence-corrected chi connectivity index (χ1v) is 12.2. The van der Waals surface area contributed by atoms with E-state index < -0.39 is 0 Å². The van der Waals surface area contributed by atoms with Crippen molar-refractivity contribution in [3.05, 3.63) is 5.32 Å². The Morgan fingerprint density at radius 2 is 1.73 bits per heavy atom. The summed E-state index contributed by atoms with van der Waals surface area (Å²) in [5.74, 6) is 0.705. The number of likely N-dealkylation sites (N-methyl/N-ethyl adjacent to an activating group) is 1. The second-order valence-corrected chi connectivity index (χ2v) is 10.3. The zero-order valence-corrected chi connectivity index (χ0v) is 22.7. The summed E-state index contributed by atoms with van der Waals surface area (Å²) in [5.41, 5.74) is 0. The smallest absolute Gasteiger partial charge is 0.585 e. The Kier molecular flexibility index (Phi) is 9.83. The van der Waals surface area contributed by atoms with Gasteiger partial charge in [0, 0.05) is 21.3 Å². The van der Waals surface area contributed by atoms with Crippen LogP contribution < -0.4 is 29.6 Å². The van der Waals surface area contributed by atoms with E-state index in [2.05, 4.69) is 5.32 Å². The van der Waals surface area contributed by atoms with Crippen molar-refractivity contribution in [1.82, 2.24) is 4.90 Å². The van der Waals surface area contributed by atoms with Gasteiger partial charge in [0.15, 0.2) is 0 Å². The topological polar surface area (TPSA) is 109 Å². The number of hydrogen-bond acceptors (Lipinski definition) is 8. The molecule has 0 aromatic carbocycles. The normalized spacial score (nSPS) is 36.7. The molecule has 0 N–H and O–H groups in total. The van der Waals surface area contributed by atoms with E-state index in [9.17, 15) is 14.4 Å². The van der Waals surface area contributed by atoms with Crippen molar-refractivity contribution < 1.29 is 58.2 Å². The van der Waals surface area contributed by atoms with Crippen LogP contribution in [0.25, 0.3) is 5.32 Å². The predicted octanol–water partition coefficient (Wildman–Crippen LogP) is -0.229. The van der Waals surface area contributed by atoms with Crippen molar-refractivity contribution in [1.29, 1.82) is 0 Å². The van der Waals surface area contributed by atoms with Crippen molar-refractivity contribution in [2.24, 2.45) is 16.8 Å². The largest absolute Gasteiger partial charge is 1.00 e. The number of carbonyl (C=O) groups is 3. The monoisotopic (exact) mass is 489 g/mol. The van der Waals surface area contributed by atoms with Gasteiger partial charge in [0.05, 0.1) is 41.4 Å². The number of ether oxygens (including phenoxy) is 3. The summed E-state index contributed by atoms with van der Waals surface area (Å²) in [5, 5.41) is 2.82. The minimum Gasteiger partial charge on any atom is -0.585 e. The fourth-order valence-corrected chi connectivity index (χ4v) is 6.25. The van der Waals surface area contributed by atoms with E-state index in [1.54, 1.807) is 26.2 Å². The van der Waals surface area contributed by atoms with Crippen LogP contribution in [-0.4, -0.2) is 85.3 Å². The molecule has 0 radical (unpaired) electrons. The minimum absolute atomic E-state index is 0. The van der Waals surface area contributed by atoms with Crippen LogP contribution in [-0.2, 0) is 23.8 Å². The number of carbonyl (C=O) groups excluding carboxylic acids is 3. The molecule has 5 unspecified atom stereocenters. The van der Waals surface area contributed by atoms with Gasteiger partial charge < -0.3 is 34.0 Å².